The van der Waals surface area contributed by atoms with Crippen LogP contribution in [0.25, 0.3) is 0 Å². The normalized spacial score (nSPS) is 23.3. The number of para-hydroxylation sites is 2. The van der Waals surface area contributed by atoms with Gasteiger partial charge in [0, 0.05) is 0 Å². The zero-order valence-corrected chi connectivity index (χ0v) is 8.18. The average molecular weight is 205 g/mol. The Bertz CT molecular complexity index is 401. The molecular formula is C11H11NO3. The third-order valence-electron chi connectivity index (χ3n) is 2.60. The summed E-state index contributed by atoms with van der Waals surface area (Å²) in [6, 6.07) is 7.58. The molecule has 4 heteroatoms. The summed E-state index contributed by atoms with van der Waals surface area (Å²) in [7, 11) is 0. The Morgan fingerprint density at radius 2 is 2.20 bits per heavy atom. The van der Waals surface area contributed by atoms with E-state index in [9.17, 15) is 4.79 Å². The monoisotopic (exact) mass is 205 g/mol. The summed E-state index contributed by atoms with van der Waals surface area (Å²) < 4.78 is 10.5. The third kappa shape index (κ3) is 1.57. The highest BCUT2D eigenvalue weighted by atomic mass is 16.6. The molecule has 0 spiro atoms. The number of anilines is 1. The smallest absolute Gasteiger partial charge is 0.265 e. The molecule has 0 radical (unpaired) electrons. The Kier molecular flexibility index (Phi) is 1.89. The molecule has 1 fully saturated rings. The van der Waals surface area contributed by atoms with Crippen molar-refractivity contribution in [2.45, 2.75) is 6.10 Å². The van der Waals surface area contributed by atoms with E-state index in [-0.39, 0.29) is 18.6 Å². The zero-order chi connectivity index (χ0) is 10.3. The number of rotatable bonds is 2. The molecule has 0 saturated carbocycles. The van der Waals surface area contributed by atoms with Crippen molar-refractivity contribution >= 4 is 11.6 Å². The van der Waals surface area contributed by atoms with Crippen LogP contribution >= 0.6 is 0 Å². The van der Waals surface area contributed by atoms with Gasteiger partial charge in [0.05, 0.1) is 24.9 Å². The Labute approximate surface area is 87.4 Å². The van der Waals surface area contributed by atoms with Crippen molar-refractivity contribution in [1.29, 1.82) is 0 Å². The first kappa shape index (κ1) is 8.73. The number of ether oxygens (including phenoxy) is 2. The summed E-state index contributed by atoms with van der Waals surface area (Å²) in [5.41, 5.74) is 0.851. The lowest BCUT2D eigenvalue weighted by molar-refractivity contribution is -0.121. The minimum Gasteiger partial charge on any atom is -0.482 e. The summed E-state index contributed by atoms with van der Waals surface area (Å²) in [4.78, 5) is 13.4. The van der Waals surface area contributed by atoms with Crippen molar-refractivity contribution in [3.8, 4) is 5.75 Å². The van der Waals surface area contributed by atoms with Crippen molar-refractivity contribution in [3.63, 3.8) is 0 Å². The fourth-order valence-electron chi connectivity index (χ4n) is 1.73. The molecule has 0 bridgehead atoms. The molecule has 1 saturated heterocycles. The first-order chi connectivity index (χ1) is 7.34. The topological polar surface area (TPSA) is 42.1 Å². The minimum absolute atomic E-state index is 0.00389. The number of carbonyl (C=O) groups is 1. The highest BCUT2D eigenvalue weighted by Gasteiger charge is 2.32. The van der Waals surface area contributed by atoms with Crippen LogP contribution in [0.2, 0.25) is 0 Å². The number of nitrogens with zero attached hydrogens (tertiary/aromatic N) is 1. The molecule has 2 heterocycles. The van der Waals surface area contributed by atoms with E-state index in [1.807, 2.05) is 24.3 Å². The molecule has 1 amide bonds. The molecule has 2 aliphatic heterocycles. The minimum atomic E-state index is 0.00389. The van der Waals surface area contributed by atoms with Gasteiger partial charge in [-0.15, -0.1) is 0 Å². The lowest BCUT2D eigenvalue weighted by Crippen LogP contribution is -2.41. The number of epoxide rings is 1. The van der Waals surface area contributed by atoms with E-state index < -0.39 is 0 Å². The van der Waals surface area contributed by atoms with Crippen molar-refractivity contribution in [1.82, 2.24) is 0 Å². The number of fused-ring (bicyclic) bond motifs is 1. The van der Waals surface area contributed by atoms with E-state index in [2.05, 4.69) is 0 Å². The van der Waals surface area contributed by atoms with Gasteiger partial charge in [-0.3, -0.25) is 4.79 Å². The number of hydrogen-bond acceptors (Lipinski definition) is 3. The number of carbonyl (C=O) groups excluding carboxylic acids is 1. The maximum Gasteiger partial charge on any atom is 0.265 e. The van der Waals surface area contributed by atoms with Gasteiger partial charge in [0.25, 0.3) is 5.91 Å². The number of hydrogen-bond donors (Lipinski definition) is 0. The molecule has 1 aromatic rings. The van der Waals surface area contributed by atoms with E-state index in [0.717, 1.165) is 18.0 Å². The standard InChI is InChI=1S/C11H11NO3/c13-11-7-15-10-4-2-1-3-9(10)12(11)5-8-6-14-8/h1-4,8H,5-7H2/t8-/m0/s1. The Hall–Kier alpha value is -1.55. The first-order valence-corrected chi connectivity index (χ1v) is 4.98. The summed E-state index contributed by atoms with van der Waals surface area (Å²) in [5.74, 6) is 0.780. The van der Waals surface area contributed by atoms with Gasteiger partial charge in [0.15, 0.2) is 6.61 Å². The lowest BCUT2D eigenvalue weighted by atomic mass is 10.2. The van der Waals surface area contributed by atoms with Crippen molar-refractivity contribution < 1.29 is 14.3 Å². The predicted octanol–water partition coefficient (Wildman–Crippen LogP) is 0.811. The average Bonchev–Trinajstić information content (AvgIpc) is 3.06. The van der Waals surface area contributed by atoms with Crippen LogP contribution in [-0.4, -0.2) is 31.8 Å². The molecular weight excluding hydrogens is 194 g/mol. The lowest BCUT2D eigenvalue weighted by Gasteiger charge is -2.28. The Morgan fingerprint density at radius 3 is 3.00 bits per heavy atom. The largest absolute Gasteiger partial charge is 0.482 e. The van der Waals surface area contributed by atoms with Crippen molar-refractivity contribution in [2.75, 3.05) is 24.7 Å². The van der Waals surface area contributed by atoms with E-state index in [0.29, 0.717) is 6.54 Å². The fourth-order valence-corrected chi connectivity index (χ4v) is 1.73. The molecule has 1 atom stereocenters. The van der Waals surface area contributed by atoms with Crippen LogP contribution in [0, 0.1) is 0 Å². The molecule has 1 aromatic carbocycles. The second-order valence-electron chi connectivity index (χ2n) is 3.72. The Balaban J connectivity index is 1.93. The molecule has 78 valence electrons. The zero-order valence-electron chi connectivity index (χ0n) is 8.18. The maximum absolute atomic E-state index is 11.7. The van der Waals surface area contributed by atoms with Crippen molar-refractivity contribution in [2.24, 2.45) is 0 Å². The summed E-state index contributed by atoms with van der Waals surface area (Å²) in [6.45, 7) is 1.52. The van der Waals surface area contributed by atoms with Crippen molar-refractivity contribution in [3.05, 3.63) is 24.3 Å². The van der Waals surface area contributed by atoms with E-state index in [1.54, 1.807) is 4.90 Å². The predicted molar refractivity (Wildman–Crippen MR) is 54.0 cm³/mol. The number of amides is 1. The molecule has 0 aliphatic carbocycles. The molecule has 0 N–H and O–H groups in total. The SMILES string of the molecule is O=C1COc2ccccc2N1C[C@H]1CO1. The van der Waals surface area contributed by atoms with Crippen LogP contribution < -0.4 is 9.64 Å². The third-order valence-corrected chi connectivity index (χ3v) is 2.60. The number of benzene rings is 1. The van der Waals surface area contributed by atoms with Gasteiger partial charge in [-0.1, -0.05) is 12.1 Å². The van der Waals surface area contributed by atoms with E-state index in [1.165, 1.54) is 0 Å². The molecule has 0 unspecified atom stereocenters. The second kappa shape index (κ2) is 3.24. The van der Waals surface area contributed by atoms with Gasteiger partial charge in [-0.25, -0.2) is 0 Å². The fraction of sp³-hybridized carbons (Fsp3) is 0.364. The highest BCUT2D eigenvalue weighted by molar-refractivity contribution is 5.97. The highest BCUT2D eigenvalue weighted by Crippen LogP contribution is 2.32. The van der Waals surface area contributed by atoms with Crippen LogP contribution in [0.1, 0.15) is 0 Å². The van der Waals surface area contributed by atoms with E-state index in [4.69, 9.17) is 9.47 Å². The van der Waals surface area contributed by atoms with E-state index >= 15 is 0 Å². The van der Waals surface area contributed by atoms with Crippen LogP contribution in [0.4, 0.5) is 5.69 Å². The van der Waals surface area contributed by atoms with Gasteiger partial charge < -0.3 is 14.4 Å². The van der Waals surface area contributed by atoms with Crippen LogP contribution in [0.5, 0.6) is 5.75 Å². The molecule has 2 aliphatic rings. The maximum atomic E-state index is 11.7. The molecule has 15 heavy (non-hydrogen) atoms. The van der Waals surface area contributed by atoms with Crippen LogP contribution in [0.3, 0.4) is 0 Å². The molecule has 4 nitrogen and oxygen atoms in total. The first-order valence-electron chi connectivity index (χ1n) is 4.98. The van der Waals surface area contributed by atoms with Crippen LogP contribution in [0.15, 0.2) is 24.3 Å². The summed E-state index contributed by atoms with van der Waals surface area (Å²) in [6.07, 6.45) is 0.208. The second-order valence-corrected chi connectivity index (χ2v) is 3.72. The summed E-state index contributed by atoms with van der Waals surface area (Å²) >= 11 is 0. The van der Waals surface area contributed by atoms with Gasteiger partial charge in [-0.05, 0) is 12.1 Å². The van der Waals surface area contributed by atoms with Gasteiger partial charge >= 0.3 is 0 Å². The van der Waals surface area contributed by atoms with Crippen LogP contribution in [-0.2, 0) is 9.53 Å². The van der Waals surface area contributed by atoms with Gasteiger partial charge in [0.1, 0.15) is 5.75 Å². The molecule has 0 aromatic heterocycles. The molecule has 3 rings (SSSR count). The van der Waals surface area contributed by atoms with Gasteiger partial charge in [0.2, 0.25) is 0 Å². The summed E-state index contributed by atoms with van der Waals surface area (Å²) in [5, 5.41) is 0. The quantitative estimate of drug-likeness (QED) is 0.671. The Morgan fingerprint density at radius 1 is 1.40 bits per heavy atom. The van der Waals surface area contributed by atoms with Gasteiger partial charge in [-0.2, -0.15) is 0 Å².